The van der Waals surface area contributed by atoms with Gasteiger partial charge in [0, 0.05) is 17.0 Å². The first-order valence-electron chi connectivity index (χ1n) is 6.23. The molecule has 0 amide bonds. The van der Waals surface area contributed by atoms with E-state index in [0.29, 0.717) is 16.2 Å². The van der Waals surface area contributed by atoms with Crippen LogP contribution in [0.2, 0.25) is 0 Å². The average molecular weight is 285 g/mol. The van der Waals surface area contributed by atoms with Crippen LogP contribution in [0.25, 0.3) is 0 Å². The van der Waals surface area contributed by atoms with Crippen molar-refractivity contribution in [2.24, 2.45) is 0 Å². The third-order valence-electron chi connectivity index (χ3n) is 3.16. The smallest absolute Gasteiger partial charge is 0.180 e. The lowest BCUT2D eigenvalue weighted by molar-refractivity contribution is 0.597. The number of hydrogen-bond acceptors (Lipinski definition) is 4. The quantitative estimate of drug-likeness (QED) is 0.924. The Kier molecular flexibility index (Phi) is 4.22. The fourth-order valence-corrected chi connectivity index (χ4v) is 4.36. The van der Waals surface area contributed by atoms with Crippen molar-refractivity contribution in [2.45, 2.75) is 36.5 Å². The normalized spacial score (nSPS) is 24.1. The van der Waals surface area contributed by atoms with E-state index in [1.54, 1.807) is 19.1 Å². The predicted molar refractivity (Wildman–Crippen MR) is 78.1 cm³/mol. The minimum absolute atomic E-state index is 0.140. The molecule has 1 heterocycles. The Bertz CT molecular complexity index is 513. The molecule has 1 N–H and O–H groups in total. The number of hydrogen-bond donors (Lipinski definition) is 1. The Morgan fingerprint density at radius 1 is 1.39 bits per heavy atom. The first kappa shape index (κ1) is 13.7. The highest BCUT2D eigenvalue weighted by Gasteiger charge is 2.24. The van der Waals surface area contributed by atoms with E-state index in [1.807, 2.05) is 23.9 Å². The molecule has 5 heteroatoms. The molecule has 2 atom stereocenters. The molecule has 2 unspecified atom stereocenters. The zero-order valence-electron chi connectivity index (χ0n) is 10.7. The van der Waals surface area contributed by atoms with E-state index in [1.165, 1.54) is 0 Å². The van der Waals surface area contributed by atoms with Gasteiger partial charge in [0.1, 0.15) is 0 Å². The van der Waals surface area contributed by atoms with Crippen molar-refractivity contribution in [3.63, 3.8) is 0 Å². The molecular weight excluding hydrogens is 266 g/mol. The summed E-state index contributed by atoms with van der Waals surface area (Å²) in [5.74, 6) is 1.18. The lowest BCUT2D eigenvalue weighted by Gasteiger charge is -2.16. The highest BCUT2D eigenvalue weighted by atomic mass is 32.2. The zero-order chi connectivity index (χ0) is 13.2. The molecule has 0 aromatic heterocycles. The molecule has 3 nitrogen and oxygen atoms in total. The summed E-state index contributed by atoms with van der Waals surface area (Å²) in [5.41, 5.74) is 0.749. The fourth-order valence-electron chi connectivity index (χ4n) is 2.15. The van der Waals surface area contributed by atoms with Gasteiger partial charge in [-0.2, -0.15) is 11.8 Å². The van der Waals surface area contributed by atoms with Crippen molar-refractivity contribution in [3.8, 4) is 0 Å². The van der Waals surface area contributed by atoms with Gasteiger partial charge in [0.05, 0.1) is 16.3 Å². The van der Waals surface area contributed by atoms with Gasteiger partial charge < -0.3 is 5.32 Å². The maximum atomic E-state index is 12.0. The lowest BCUT2D eigenvalue weighted by atomic mass is 10.2. The summed E-state index contributed by atoms with van der Waals surface area (Å²) in [5, 5.41) is 4.03. The van der Waals surface area contributed by atoms with E-state index in [9.17, 15) is 8.42 Å². The van der Waals surface area contributed by atoms with Crippen LogP contribution >= 0.6 is 11.8 Å². The molecular formula is C13H19NO2S2. The Morgan fingerprint density at radius 3 is 2.72 bits per heavy atom. The Morgan fingerprint density at radius 2 is 2.11 bits per heavy atom. The van der Waals surface area contributed by atoms with Crippen molar-refractivity contribution in [3.05, 3.63) is 24.3 Å². The van der Waals surface area contributed by atoms with Gasteiger partial charge in [0.15, 0.2) is 9.84 Å². The molecule has 0 bridgehead atoms. The highest BCUT2D eigenvalue weighted by molar-refractivity contribution is 8.00. The molecule has 1 fully saturated rings. The van der Waals surface area contributed by atoms with Crippen LogP contribution in [-0.4, -0.2) is 31.2 Å². The summed E-state index contributed by atoms with van der Waals surface area (Å²) in [6.45, 7) is 3.89. The maximum Gasteiger partial charge on any atom is 0.180 e. The van der Waals surface area contributed by atoms with Gasteiger partial charge in [0.25, 0.3) is 0 Å². The number of sulfone groups is 1. The van der Waals surface area contributed by atoms with Crippen LogP contribution in [-0.2, 0) is 9.84 Å². The number of benzene rings is 1. The van der Waals surface area contributed by atoms with Crippen LogP contribution < -0.4 is 5.32 Å². The third-order valence-corrected chi connectivity index (χ3v) is 6.30. The van der Waals surface area contributed by atoms with Gasteiger partial charge in [-0.1, -0.05) is 26.0 Å². The van der Waals surface area contributed by atoms with Crippen molar-refractivity contribution < 1.29 is 8.42 Å². The van der Waals surface area contributed by atoms with E-state index >= 15 is 0 Å². The summed E-state index contributed by atoms with van der Waals surface area (Å²) in [6, 6.07) is 7.57. The van der Waals surface area contributed by atoms with Crippen LogP contribution in [0.3, 0.4) is 0 Å². The van der Waals surface area contributed by atoms with E-state index in [2.05, 4.69) is 12.2 Å². The third kappa shape index (κ3) is 3.01. The van der Waals surface area contributed by atoms with E-state index in [-0.39, 0.29) is 5.75 Å². The number of para-hydroxylation sites is 1. The zero-order valence-corrected chi connectivity index (χ0v) is 12.4. The first-order chi connectivity index (χ1) is 8.53. The minimum Gasteiger partial charge on any atom is -0.380 e. The van der Waals surface area contributed by atoms with Crippen molar-refractivity contribution in [1.29, 1.82) is 0 Å². The summed E-state index contributed by atoms with van der Waals surface area (Å²) < 4.78 is 24.0. The standard InChI is InChI=1S/C13H19NO2S2/c1-3-18(15,16)13-7-5-4-6-12(13)14-11-8-10(2)17-9-11/h4-7,10-11,14H,3,8-9H2,1-2H3. The highest BCUT2D eigenvalue weighted by Crippen LogP contribution is 2.30. The largest absolute Gasteiger partial charge is 0.380 e. The molecule has 1 saturated heterocycles. The predicted octanol–water partition coefficient (Wildman–Crippen LogP) is 2.79. The molecule has 0 spiro atoms. The molecule has 1 aliphatic heterocycles. The summed E-state index contributed by atoms with van der Waals surface area (Å²) >= 11 is 1.93. The molecule has 0 saturated carbocycles. The summed E-state index contributed by atoms with van der Waals surface area (Å²) in [4.78, 5) is 0.428. The van der Waals surface area contributed by atoms with Gasteiger partial charge >= 0.3 is 0 Å². The topological polar surface area (TPSA) is 46.2 Å². The van der Waals surface area contributed by atoms with Crippen LogP contribution in [0, 0.1) is 0 Å². The van der Waals surface area contributed by atoms with Crippen molar-refractivity contribution in [2.75, 3.05) is 16.8 Å². The molecule has 1 aliphatic rings. The number of anilines is 1. The first-order valence-corrected chi connectivity index (χ1v) is 8.93. The average Bonchev–Trinajstić information content (AvgIpc) is 2.75. The van der Waals surface area contributed by atoms with Crippen molar-refractivity contribution in [1.82, 2.24) is 0 Å². The van der Waals surface area contributed by atoms with Gasteiger partial charge in [-0.25, -0.2) is 8.42 Å². The Balaban J connectivity index is 2.23. The van der Waals surface area contributed by atoms with Gasteiger partial charge in [0.2, 0.25) is 0 Å². The minimum atomic E-state index is -3.15. The second-order valence-corrected chi connectivity index (χ2v) is 8.34. The number of nitrogens with one attached hydrogen (secondary N) is 1. The molecule has 0 radical (unpaired) electrons. The fraction of sp³-hybridized carbons (Fsp3) is 0.538. The number of rotatable bonds is 4. The van der Waals surface area contributed by atoms with Crippen LogP contribution in [0.5, 0.6) is 0 Å². The monoisotopic (exact) mass is 285 g/mol. The maximum absolute atomic E-state index is 12.0. The SMILES string of the molecule is CCS(=O)(=O)c1ccccc1NC1CSC(C)C1. The molecule has 1 aromatic rings. The van der Waals surface area contributed by atoms with Gasteiger partial charge in [-0.05, 0) is 18.6 Å². The summed E-state index contributed by atoms with van der Waals surface area (Å²) in [6.07, 6.45) is 1.09. The molecule has 18 heavy (non-hydrogen) atoms. The van der Waals surface area contributed by atoms with Crippen LogP contribution in [0.15, 0.2) is 29.2 Å². The number of thioether (sulfide) groups is 1. The second-order valence-electron chi connectivity index (χ2n) is 4.62. The van der Waals surface area contributed by atoms with Crippen LogP contribution in [0.1, 0.15) is 20.3 Å². The van der Waals surface area contributed by atoms with Gasteiger partial charge in [-0.3, -0.25) is 0 Å². The second kappa shape index (κ2) is 5.53. The summed E-state index contributed by atoms with van der Waals surface area (Å²) in [7, 11) is -3.15. The van der Waals surface area contributed by atoms with E-state index in [4.69, 9.17) is 0 Å². The van der Waals surface area contributed by atoms with E-state index < -0.39 is 9.84 Å². The molecule has 100 valence electrons. The molecule has 2 rings (SSSR count). The molecule has 1 aromatic carbocycles. The van der Waals surface area contributed by atoms with E-state index in [0.717, 1.165) is 17.9 Å². The van der Waals surface area contributed by atoms with Crippen molar-refractivity contribution >= 4 is 27.3 Å². The van der Waals surface area contributed by atoms with Crippen LogP contribution in [0.4, 0.5) is 5.69 Å². The Labute approximate surface area is 113 Å². The van der Waals surface area contributed by atoms with Gasteiger partial charge in [-0.15, -0.1) is 0 Å². The lowest BCUT2D eigenvalue weighted by Crippen LogP contribution is -2.20. The Hall–Kier alpha value is -0.680. The molecule has 0 aliphatic carbocycles.